The maximum atomic E-state index is 13.6. The fourth-order valence-corrected chi connectivity index (χ4v) is 2.09. The first-order valence-electron chi connectivity index (χ1n) is 6.52. The number of aromatic hydroxyl groups is 1. The van der Waals surface area contributed by atoms with Gasteiger partial charge < -0.3 is 9.84 Å². The zero-order valence-electron chi connectivity index (χ0n) is 11.5. The maximum Gasteiger partial charge on any atom is 0.320 e. The van der Waals surface area contributed by atoms with E-state index in [4.69, 9.17) is 4.74 Å². The van der Waals surface area contributed by atoms with Crippen molar-refractivity contribution in [3.63, 3.8) is 0 Å². The summed E-state index contributed by atoms with van der Waals surface area (Å²) >= 11 is 0. The second kappa shape index (κ2) is 5.77. The van der Waals surface area contributed by atoms with Crippen molar-refractivity contribution < 1.29 is 14.2 Å². The Balaban J connectivity index is 1.88. The third-order valence-corrected chi connectivity index (χ3v) is 3.16. The lowest BCUT2D eigenvalue weighted by atomic mass is 10.1. The quantitative estimate of drug-likeness (QED) is 0.801. The molecule has 0 spiro atoms. The lowest BCUT2D eigenvalue weighted by Gasteiger charge is -2.09. The Hall–Kier alpha value is -3.02. The monoisotopic (exact) mass is 297 g/mol. The zero-order valence-corrected chi connectivity index (χ0v) is 11.5. The minimum absolute atomic E-state index is 0.00252. The summed E-state index contributed by atoms with van der Waals surface area (Å²) < 4.78 is 19.1. The fourth-order valence-electron chi connectivity index (χ4n) is 2.09. The summed E-state index contributed by atoms with van der Waals surface area (Å²) in [5, 5.41) is 10.3. The fraction of sp³-hybridized carbons (Fsp3) is 0.0625. The van der Waals surface area contributed by atoms with Gasteiger partial charge in [-0.3, -0.25) is 4.98 Å². The highest BCUT2D eigenvalue weighted by atomic mass is 19.1. The Morgan fingerprint density at radius 2 is 2.14 bits per heavy atom. The highest BCUT2D eigenvalue weighted by Gasteiger charge is 2.10. The number of hydrogen-bond acceptors (Lipinski definition) is 5. The molecule has 1 N–H and O–H groups in total. The van der Waals surface area contributed by atoms with Crippen molar-refractivity contribution in [2.24, 2.45) is 0 Å². The van der Waals surface area contributed by atoms with Crippen LogP contribution in [0.25, 0.3) is 17.0 Å². The van der Waals surface area contributed by atoms with E-state index in [2.05, 4.69) is 21.5 Å². The molecule has 0 atom stereocenters. The minimum Gasteiger partial charge on any atom is -0.493 e. The topological polar surface area (TPSA) is 68.1 Å². The van der Waals surface area contributed by atoms with Gasteiger partial charge in [0.1, 0.15) is 12.4 Å². The van der Waals surface area contributed by atoms with E-state index in [1.807, 2.05) is 0 Å². The first kappa shape index (κ1) is 13.9. The van der Waals surface area contributed by atoms with E-state index in [-0.39, 0.29) is 24.3 Å². The normalized spacial score (nSPS) is 10.6. The molecule has 3 rings (SSSR count). The van der Waals surface area contributed by atoms with Gasteiger partial charge in [-0.15, -0.1) is 0 Å². The van der Waals surface area contributed by atoms with Crippen LogP contribution in [-0.2, 0) is 6.61 Å². The summed E-state index contributed by atoms with van der Waals surface area (Å²) in [4.78, 5) is 12.0. The standard InChI is InChI=1S/C16H12FN3O2/c1-2-11-10(4-3-5-13(11)17)9-22-16-19-14-8-18-7-6-12(14)15(21)20-16/h2-8H,1,9H2,(H,19,20,21). The Morgan fingerprint density at radius 3 is 2.95 bits per heavy atom. The molecule has 0 saturated heterocycles. The first-order valence-corrected chi connectivity index (χ1v) is 6.52. The average molecular weight is 297 g/mol. The van der Waals surface area contributed by atoms with Gasteiger partial charge in [-0.1, -0.05) is 24.8 Å². The second-order valence-electron chi connectivity index (χ2n) is 4.53. The van der Waals surface area contributed by atoms with Crippen molar-refractivity contribution in [1.29, 1.82) is 0 Å². The molecule has 0 fully saturated rings. The lowest BCUT2D eigenvalue weighted by molar-refractivity contribution is 0.276. The van der Waals surface area contributed by atoms with Gasteiger partial charge in [0.05, 0.1) is 17.1 Å². The largest absolute Gasteiger partial charge is 0.493 e. The third kappa shape index (κ3) is 2.58. The van der Waals surface area contributed by atoms with Crippen LogP contribution in [0.4, 0.5) is 4.39 Å². The molecule has 0 aliphatic rings. The molecule has 110 valence electrons. The molecular formula is C16H12FN3O2. The molecule has 0 saturated carbocycles. The number of rotatable bonds is 4. The number of benzene rings is 1. The van der Waals surface area contributed by atoms with Gasteiger partial charge in [-0.05, 0) is 17.7 Å². The Kier molecular flexibility index (Phi) is 3.65. The zero-order chi connectivity index (χ0) is 15.5. The smallest absolute Gasteiger partial charge is 0.320 e. The Morgan fingerprint density at radius 1 is 1.27 bits per heavy atom. The predicted molar refractivity (Wildman–Crippen MR) is 79.8 cm³/mol. The van der Waals surface area contributed by atoms with E-state index in [1.54, 1.807) is 18.2 Å². The van der Waals surface area contributed by atoms with Gasteiger partial charge in [0.25, 0.3) is 0 Å². The Labute approximate surface area is 125 Å². The number of halogens is 1. The molecule has 0 aliphatic heterocycles. The number of aromatic nitrogens is 3. The summed E-state index contributed by atoms with van der Waals surface area (Å²) in [6.45, 7) is 3.65. The van der Waals surface area contributed by atoms with Crippen molar-refractivity contribution in [3.8, 4) is 11.9 Å². The van der Waals surface area contributed by atoms with Crippen molar-refractivity contribution in [2.75, 3.05) is 0 Å². The number of fused-ring (bicyclic) bond motifs is 1. The second-order valence-corrected chi connectivity index (χ2v) is 4.53. The molecule has 2 aromatic heterocycles. The van der Waals surface area contributed by atoms with E-state index < -0.39 is 0 Å². The molecular weight excluding hydrogens is 285 g/mol. The molecule has 5 nitrogen and oxygen atoms in total. The molecule has 6 heteroatoms. The van der Waals surface area contributed by atoms with Gasteiger partial charge in [-0.25, -0.2) is 4.39 Å². The van der Waals surface area contributed by atoms with Crippen LogP contribution in [0.1, 0.15) is 11.1 Å². The van der Waals surface area contributed by atoms with Crippen molar-refractivity contribution in [3.05, 3.63) is 60.2 Å². The van der Waals surface area contributed by atoms with E-state index in [0.29, 0.717) is 22.0 Å². The van der Waals surface area contributed by atoms with Gasteiger partial charge in [0, 0.05) is 11.8 Å². The van der Waals surface area contributed by atoms with Crippen LogP contribution in [0.15, 0.2) is 43.2 Å². The van der Waals surface area contributed by atoms with E-state index in [0.717, 1.165) is 0 Å². The van der Waals surface area contributed by atoms with Crippen LogP contribution in [0.5, 0.6) is 11.9 Å². The maximum absolute atomic E-state index is 13.6. The number of hydrogen-bond donors (Lipinski definition) is 1. The summed E-state index contributed by atoms with van der Waals surface area (Å²) in [5.41, 5.74) is 1.45. The molecule has 22 heavy (non-hydrogen) atoms. The van der Waals surface area contributed by atoms with Crippen LogP contribution in [0.3, 0.4) is 0 Å². The molecule has 2 heterocycles. The van der Waals surface area contributed by atoms with Crippen molar-refractivity contribution >= 4 is 17.0 Å². The van der Waals surface area contributed by atoms with Gasteiger partial charge in [0.2, 0.25) is 5.88 Å². The molecule has 0 amide bonds. The summed E-state index contributed by atoms with van der Waals surface area (Å²) in [7, 11) is 0. The van der Waals surface area contributed by atoms with Crippen LogP contribution >= 0.6 is 0 Å². The summed E-state index contributed by atoms with van der Waals surface area (Å²) in [6.07, 6.45) is 4.46. The number of nitrogens with zero attached hydrogens (tertiary/aromatic N) is 3. The predicted octanol–water partition coefficient (Wildman–Crippen LogP) is 3.09. The van der Waals surface area contributed by atoms with Gasteiger partial charge >= 0.3 is 6.01 Å². The molecule has 0 aliphatic carbocycles. The van der Waals surface area contributed by atoms with Crippen LogP contribution in [-0.4, -0.2) is 20.1 Å². The van der Waals surface area contributed by atoms with Crippen LogP contribution in [0, 0.1) is 5.82 Å². The van der Waals surface area contributed by atoms with Crippen LogP contribution < -0.4 is 4.74 Å². The molecule has 1 aromatic carbocycles. The molecule has 0 bridgehead atoms. The first-order chi connectivity index (χ1) is 10.7. The van der Waals surface area contributed by atoms with E-state index in [9.17, 15) is 9.50 Å². The highest BCUT2D eigenvalue weighted by Crippen LogP contribution is 2.23. The molecule has 0 radical (unpaired) electrons. The summed E-state index contributed by atoms with van der Waals surface area (Å²) in [5.74, 6) is -0.562. The SMILES string of the molecule is C=Cc1c(F)cccc1COc1nc(O)c2ccncc2n1. The average Bonchev–Trinajstić information content (AvgIpc) is 2.53. The highest BCUT2D eigenvalue weighted by molar-refractivity contribution is 5.82. The lowest BCUT2D eigenvalue weighted by Crippen LogP contribution is -2.02. The number of ether oxygens (including phenoxy) is 1. The van der Waals surface area contributed by atoms with Crippen molar-refractivity contribution in [1.82, 2.24) is 15.0 Å². The van der Waals surface area contributed by atoms with Crippen LogP contribution in [0.2, 0.25) is 0 Å². The van der Waals surface area contributed by atoms with E-state index in [1.165, 1.54) is 24.5 Å². The van der Waals surface area contributed by atoms with Gasteiger partial charge in [-0.2, -0.15) is 9.97 Å². The Bertz CT molecular complexity index is 852. The summed E-state index contributed by atoms with van der Waals surface area (Å²) in [6, 6.07) is 6.27. The van der Waals surface area contributed by atoms with Crippen molar-refractivity contribution in [2.45, 2.75) is 6.61 Å². The molecule has 0 unspecified atom stereocenters. The molecule has 3 aromatic rings. The minimum atomic E-state index is -0.373. The van der Waals surface area contributed by atoms with E-state index >= 15 is 0 Å². The van der Waals surface area contributed by atoms with Gasteiger partial charge in [0.15, 0.2) is 0 Å². The number of pyridine rings is 1. The third-order valence-electron chi connectivity index (χ3n) is 3.16.